The first-order valence-corrected chi connectivity index (χ1v) is 8.59. The highest BCUT2D eigenvalue weighted by atomic mass is 79.9. The summed E-state index contributed by atoms with van der Waals surface area (Å²) in [6.07, 6.45) is 1.30. The lowest BCUT2D eigenvalue weighted by Crippen LogP contribution is -2.07. The minimum atomic E-state index is -0.664. The topological polar surface area (TPSA) is 84.2 Å². The lowest BCUT2D eigenvalue weighted by Gasteiger charge is -2.04. The van der Waals surface area contributed by atoms with E-state index < -0.39 is 5.97 Å². The summed E-state index contributed by atoms with van der Waals surface area (Å²) < 4.78 is 10.8. The second-order valence-electron chi connectivity index (χ2n) is 4.42. The van der Waals surface area contributed by atoms with Crippen molar-refractivity contribution >= 4 is 38.4 Å². The van der Waals surface area contributed by atoms with Crippen LogP contribution in [0.1, 0.15) is 6.92 Å². The van der Waals surface area contributed by atoms with E-state index in [0.717, 1.165) is 21.5 Å². The first kappa shape index (κ1) is 18.0. The molecule has 0 aliphatic heterocycles. The number of aromatic nitrogens is 1. The number of nitrogens with one attached hydrogen (secondary N) is 1. The van der Waals surface area contributed by atoms with Crippen LogP contribution in [-0.4, -0.2) is 24.7 Å². The average molecular weight is 408 g/mol. The van der Waals surface area contributed by atoms with Crippen LogP contribution in [-0.2, 0) is 9.53 Å². The number of nitrogens with zero attached hydrogens (tertiary/aromatic N) is 2. The van der Waals surface area contributed by atoms with E-state index in [0.29, 0.717) is 5.13 Å². The molecule has 1 heterocycles. The summed E-state index contributed by atoms with van der Waals surface area (Å²) in [7, 11) is 1.60. The minimum Gasteiger partial charge on any atom is -0.496 e. The zero-order valence-electron chi connectivity index (χ0n) is 13.0. The molecule has 1 N–H and O–H groups in total. The van der Waals surface area contributed by atoms with Crippen LogP contribution in [0.5, 0.6) is 5.75 Å². The van der Waals surface area contributed by atoms with E-state index in [1.807, 2.05) is 23.6 Å². The summed E-state index contributed by atoms with van der Waals surface area (Å²) in [6.45, 7) is 1.89. The van der Waals surface area contributed by atoms with Gasteiger partial charge in [-0.2, -0.15) is 5.26 Å². The van der Waals surface area contributed by atoms with Crippen molar-refractivity contribution in [1.29, 1.82) is 5.26 Å². The van der Waals surface area contributed by atoms with Crippen molar-refractivity contribution in [2.24, 2.45) is 0 Å². The van der Waals surface area contributed by atoms with Gasteiger partial charge < -0.3 is 14.8 Å². The predicted molar refractivity (Wildman–Crippen MR) is 95.8 cm³/mol. The summed E-state index contributed by atoms with van der Waals surface area (Å²) in [5.41, 5.74) is 1.58. The van der Waals surface area contributed by atoms with Gasteiger partial charge in [-0.05, 0) is 41.1 Å². The van der Waals surface area contributed by atoms with E-state index in [2.05, 4.69) is 26.2 Å². The van der Waals surface area contributed by atoms with Crippen molar-refractivity contribution < 1.29 is 14.3 Å². The summed E-state index contributed by atoms with van der Waals surface area (Å²) in [5.74, 6) is 0.0757. The Morgan fingerprint density at radius 2 is 2.33 bits per heavy atom. The number of benzene rings is 1. The van der Waals surface area contributed by atoms with Crippen molar-refractivity contribution in [3.05, 3.63) is 39.8 Å². The fraction of sp³-hybridized carbons (Fsp3) is 0.188. The summed E-state index contributed by atoms with van der Waals surface area (Å²) in [6, 6.07) is 7.45. The number of esters is 1. The maximum Gasteiger partial charge on any atom is 0.350 e. The van der Waals surface area contributed by atoms with Crippen molar-refractivity contribution in [3.8, 4) is 23.1 Å². The van der Waals surface area contributed by atoms with Crippen molar-refractivity contribution in [3.63, 3.8) is 0 Å². The van der Waals surface area contributed by atoms with Crippen LogP contribution < -0.4 is 10.1 Å². The number of ether oxygens (including phenoxy) is 2. The first-order valence-electron chi connectivity index (χ1n) is 6.92. The minimum absolute atomic E-state index is 0.110. The highest BCUT2D eigenvalue weighted by Crippen LogP contribution is 2.32. The number of halogens is 1. The summed E-state index contributed by atoms with van der Waals surface area (Å²) in [4.78, 5) is 16.0. The van der Waals surface area contributed by atoms with Gasteiger partial charge >= 0.3 is 5.97 Å². The molecule has 2 aromatic rings. The molecule has 8 heteroatoms. The molecule has 0 amide bonds. The molecular weight excluding hydrogens is 394 g/mol. The van der Waals surface area contributed by atoms with Gasteiger partial charge in [0, 0.05) is 17.1 Å². The molecule has 2 rings (SSSR count). The molecule has 1 aromatic heterocycles. The third kappa shape index (κ3) is 4.34. The molecule has 0 fully saturated rings. The summed E-state index contributed by atoms with van der Waals surface area (Å²) in [5, 5.41) is 14.3. The Morgan fingerprint density at radius 1 is 1.54 bits per heavy atom. The molecule has 6 nitrogen and oxygen atoms in total. The number of carbonyl (C=O) groups excluding carboxylic acids is 1. The lowest BCUT2D eigenvalue weighted by atomic mass is 10.2. The van der Waals surface area contributed by atoms with E-state index >= 15 is 0 Å². The average Bonchev–Trinajstić information content (AvgIpc) is 3.04. The molecule has 124 valence electrons. The molecular formula is C16H14BrN3O3S. The van der Waals surface area contributed by atoms with Crippen molar-refractivity contribution in [2.75, 3.05) is 19.0 Å². The number of carbonyl (C=O) groups is 1. The van der Waals surface area contributed by atoms with Crippen LogP contribution in [0.25, 0.3) is 11.3 Å². The zero-order valence-corrected chi connectivity index (χ0v) is 15.4. The number of anilines is 1. The Balaban J connectivity index is 2.15. The van der Waals surface area contributed by atoms with Crippen molar-refractivity contribution in [2.45, 2.75) is 6.92 Å². The highest BCUT2D eigenvalue weighted by molar-refractivity contribution is 9.10. The van der Waals surface area contributed by atoms with Gasteiger partial charge in [0.25, 0.3) is 0 Å². The van der Waals surface area contributed by atoms with E-state index in [4.69, 9.17) is 14.7 Å². The van der Waals surface area contributed by atoms with Gasteiger partial charge in [0.2, 0.25) is 0 Å². The molecule has 1 aromatic carbocycles. The van der Waals surface area contributed by atoms with Crippen LogP contribution in [0.4, 0.5) is 5.13 Å². The number of thiazole rings is 1. The number of hydrogen-bond acceptors (Lipinski definition) is 7. The van der Waals surface area contributed by atoms with Gasteiger partial charge in [-0.1, -0.05) is 0 Å². The maximum absolute atomic E-state index is 11.5. The molecule has 0 unspecified atom stereocenters. The second kappa shape index (κ2) is 8.47. The second-order valence-corrected chi connectivity index (χ2v) is 6.13. The third-order valence-electron chi connectivity index (χ3n) is 2.91. The molecule has 0 aliphatic rings. The Morgan fingerprint density at radius 3 is 2.96 bits per heavy atom. The van der Waals surface area contributed by atoms with Crippen LogP contribution in [0, 0.1) is 11.3 Å². The molecule has 0 saturated heterocycles. The standard InChI is InChI=1S/C16H14BrN3O3S/c1-3-23-15(21)11(7-18)8-19-16-20-13(9-24-16)10-4-5-14(22-2)12(17)6-10/h4-6,8-9H,3H2,1-2H3,(H,19,20)/b11-8+. The monoisotopic (exact) mass is 407 g/mol. The SMILES string of the molecule is CCOC(=O)/C(C#N)=C/Nc1nc(-c2ccc(OC)c(Br)c2)cs1. The Kier molecular flexibility index (Phi) is 6.35. The molecule has 0 atom stereocenters. The predicted octanol–water partition coefficient (Wildman–Crippen LogP) is 3.96. The van der Waals surface area contributed by atoms with E-state index in [1.165, 1.54) is 17.5 Å². The van der Waals surface area contributed by atoms with Gasteiger partial charge in [0.1, 0.15) is 11.8 Å². The smallest absolute Gasteiger partial charge is 0.350 e. The van der Waals surface area contributed by atoms with E-state index in [9.17, 15) is 4.79 Å². The Hall–Kier alpha value is -2.37. The van der Waals surface area contributed by atoms with Crippen LogP contribution in [0.2, 0.25) is 0 Å². The third-order valence-corrected chi connectivity index (χ3v) is 4.30. The number of methoxy groups -OCH3 is 1. The Labute approximate surface area is 151 Å². The normalized spacial score (nSPS) is 10.8. The van der Waals surface area contributed by atoms with Crippen LogP contribution >= 0.6 is 27.3 Å². The number of hydrogen-bond donors (Lipinski definition) is 1. The largest absolute Gasteiger partial charge is 0.496 e. The fourth-order valence-electron chi connectivity index (χ4n) is 1.78. The lowest BCUT2D eigenvalue weighted by molar-refractivity contribution is -0.138. The van der Waals surface area contributed by atoms with E-state index in [-0.39, 0.29) is 12.2 Å². The Bertz CT molecular complexity index is 811. The maximum atomic E-state index is 11.5. The molecule has 0 radical (unpaired) electrons. The number of nitriles is 1. The quantitative estimate of drug-likeness (QED) is 0.443. The van der Waals surface area contributed by atoms with Gasteiger partial charge in [0.05, 0.1) is 23.9 Å². The fourth-order valence-corrected chi connectivity index (χ4v) is 3.01. The van der Waals surface area contributed by atoms with Crippen LogP contribution in [0.15, 0.2) is 39.8 Å². The van der Waals surface area contributed by atoms with Crippen molar-refractivity contribution in [1.82, 2.24) is 4.98 Å². The van der Waals surface area contributed by atoms with E-state index in [1.54, 1.807) is 20.1 Å². The molecule has 0 aliphatic carbocycles. The molecule has 24 heavy (non-hydrogen) atoms. The molecule has 0 spiro atoms. The molecule has 0 saturated carbocycles. The van der Waals surface area contributed by atoms with Crippen LogP contribution in [0.3, 0.4) is 0 Å². The van der Waals surface area contributed by atoms with Gasteiger partial charge in [-0.25, -0.2) is 9.78 Å². The number of rotatable bonds is 6. The van der Waals surface area contributed by atoms with Gasteiger partial charge in [0.15, 0.2) is 10.7 Å². The summed E-state index contributed by atoms with van der Waals surface area (Å²) >= 11 is 4.80. The molecule has 0 bridgehead atoms. The highest BCUT2D eigenvalue weighted by Gasteiger charge is 2.11. The first-order chi connectivity index (χ1) is 11.6. The van der Waals surface area contributed by atoms with Gasteiger partial charge in [-0.15, -0.1) is 11.3 Å². The van der Waals surface area contributed by atoms with Gasteiger partial charge in [-0.3, -0.25) is 0 Å². The zero-order chi connectivity index (χ0) is 17.5.